The van der Waals surface area contributed by atoms with Crippen LogP contribution in [0.5, 0.6) is 17.2 Å². The average Bonchev–Trinajstić information content (AvgIpc) is 2.73. The number of amides is 1. The number of hydrogen-bond donors (Lipinski definition) is 1. The summed E-state index contributed by atoms with van der Waals surface area (Å²) >= 11 is 6.01. The van der Waals surface area contributed by atoms with Gasteiger partial charge in [-0.3, -0.25) is 4.79 Å². The van der Waals surface area contributed by atoms with E-state index in [-0.39, 0.29) is 12.5 Å². The Balaban J connectivity index is 1.80. The summed E-state index contributed by atoms with van der Waals surface area (Å²) in [4.78, 5) is 12.8. The molecule has 0 saturated heterocycles. The van der Waals surface area contributed by atoms with Gasteiger partial charge in [0.25, 0.3) is 5.91 Å². The first-order valence-electron chi connectivity index (χ1n) is 9.19. The van der Waals surface area contributed by atoms with Crippen LogP contribution in [0.25, 0.3) is 0 Å². The fourth-order valence-corrected chi connectivity index (χ4v) is 2.97. The van der Waals surface area contributed by atoms with Crippen molar-refractivity contribution >= 4 is 23.2 Å². The van der Waals surface area contributed by atoms with Crippen LogP contribution in [0.15, 0.2) is 66.7 Å². The second-order valence-corrected chi connectivity index (χ2v) is 6.59. The predicted octanol–water partition coefficient (Wildman–Crippen LogP) is 5.58. The van der Waals surface area contributed by atoms with Crippen LogP contribution < -0.4 is 19.5 Å². The Morgan fingerprint density at radius 2 is 1.79 bits per heavy atom. The first-order chi connectivity index (χ1) is 14.1. The van der Waals surface area contributed by atoms with Gasteiger partial charge in [-0.05, 0) is 55.5 Å². The van der Waals surface area contributed by atoms with Crippen LogP contribution >= 0.6 is 11.6 Å². The zero-order valence-electron chi connectivity index (χ0n) is 16.3. The van der Waals surface area contributed by atoms with Crippen LogP contribution in [0.2, 0.25) is 5.02 Å². The van der Waals surface area contributed by atoms with Crippen LogP contribution in [-0.2, 0) is 6.61 Å². The molecule has 29 heavy (non-hydrogen) atoms. The molecular formula is C23H22ClNO4. The summed E-state index contributed by atoms with van der Waals surface area (Å²) in [5.74, 6) is 1.66. The summed E-state index contributed by atoms with van der Waals surface area (Å²) in [7, 11) is 1.56. The summed E-state index contributed by atoms with van der Waals surface area (Å²) in [6.45, 7) is 2.66. The number of methoxy groups -OCH3 is 1. The van der Waals surface area contributed by atoms with E-state index in [1.165, 1.54) is 0 Å². The van der Waals surface area contributed by atoms with Gasteiger partial charge in [0.15, 0.2) is 0 Å². The zero-order valence-corrected chi connectivity index (χ0v) is 17.0. The monoisotopic (exact) mass is 411 g/mol. The molecule has 1 amide bonds. The van der Waals surface area contributed by atoms with Crippen molar-refractivity contribution in [1.82, 2.24) is 0 Å². The molecule has 0 aromatic heterocycles. The number of rotatable bonds is 8. The Morgan fingerprint density at radius 3 is 2.55 bits per heavy atom. The standard InChI is InChI=1S/C23H22ClNO4/c1-3-28-21-12-11-16(23(26)25-20-9-4-5-10-22(20)27-2)13-17(21)15-29-19-8-6-7-18(24)14-19/h4-14H,3,15H2,1-2H3,(H,25,26). The molecule has 6 heteroatoms. The summed E-state index contributed by atoms with van der Waals surface area (Å²) in [5.41, 5.74) is 1.86. The minimum absolute atomic E-state index is 0.242. The van der Waals surface area contributed by atoms with Crippen molar-refractivity contribution in [3.63, 3.8) is 0 Å². The molecule has 3 rings (SSSR count). The van der Waals surface area contributed by atoms with Crippen LogP contribution in [0.4, 0.5) is 5.69 Å². The van der Waals surface area contributed by atoms with Gasteiger partial charge >= 0.3 is 0 Å². The second-order valence-electron chi connectivity index (χ2n) is 6.16. The topological polar surface area (TPSA) is 56.8 Å². The Morgan fingerprint density at radius 1 is 0.966 bits per heavy atom. The number of para-hydroxylation sites is 2. The summed E-state index contributed by atoms with van der Waals surface area (Å²) in [6.07, 6.45) is 0. The molecule has 0 bridgehead atoms. The minimum atomic E-state index is -0.249. The molecule has 0 fully saturated rings. The second kappa shape index (κ2) is 9.85. The lowest BCUT2D eigenvalue weighted by Gasteiger charge is -2.14. The van der Waals surface area contributed by atoms with Gasteiger partial charge in [0, 0.05) is 16.1 Å². The third kappa shape index (κ3) is 5.42. The number of hydrogen-bond acceptors (Lipinski definition) is 4. The highest BCUT2D eigenvalue weighted by molar-refractivity contribution is 6.30. The van der Waals surface area contributed by atoms with Crippen LogP contribution in [-0.4, -0.2) is 19.6 Å². The number of benzene rings is 3. The molecular weight excluding hydrogens is 390 g/mol. The van der Waals surface area contributed by atoms with Gasteiger partial charge in [0.2, 0.25) is 0 Å². The molecule has 0 saturated carbocycles. The van der Waals surface area contributed by atoms with Crippen molar-refractivity contribution < 1.29 is 19.0 Å². The highest BCUT2D eigenvalue weighted by atomic mass is 35.5. The van der Waals surface area contributed by atoms with Gasteiger partial charge in [-0.1, -0.05) is 29.8 Å². The van der Waals surface area contributed by atoms with E-state index in [0.29, 0.717) is 40.1 Å². The zero-order chi connectivity index (χ0) is 20.6. The van der Waals surface area contributed by atoms with Crippen molar-refractivity contribution in [2.75, 3.05) is 19.0 Å². The normalized spacial score (nSPS) is 10.3. The first-order valence-corrected chi connectivity index (χ1v) is 9.57. The molecule has 0 radical (unpaired) electrons. The Hall–Kier alpha value is -3.18. The van der Waals surface area contributed by atoms with E-state index in [2.05, 4.69) is 5.32 Å². The lowest BCUT2D eigenvalue weighted by Crippen LogP contribution is -2.13. The third-order valence-electron chi connectivity index (χ3n) is 4.17. The number of nitrogens with one attached hydrogen (secondary N) is 1. The van der Waals surface area contributed by atoms with Crippen LogP contribution in [0, 0.1) is 0 Å². The van der Waals surface area contributed by atoms with Gasteiger partial charge in [-0.25, -0.2) is 0 Å². The molecule has 0 heterocycles. The maximum absolute atomic E-state index is 12.8. The van der Waals surface area contributed by atoms with E-state index in [1.54, 1.807) is 49.6 Å². The molecule has 0 spiro atoms. The van der Waals surface area contributed by atoms with E-state index in [9.17, 15) is 4.79 Å². The van der Waals surface area contributed by atoms with Gasteiger partial charge in [-0.2, -0.15) is 0 Å². The molecule has 0 aliphatic carbocycles. The summed E-state index contributed by atoms with van der Waals surface area (Å²) in [5, 5.41) is 3.47. The molecule has 0 aliphatic heterocycles. The molecule has 1 N–H and O–H groups in total. The van der Waals surface area contributed by atoms with Gasteiger partial charge in [0.05, 0.1) is 19.4 Å². The van der Waals surface area contributed by atoms with E-state index in [0.717, 1.165) is 5.56 Å². The lowest BCUT2D eigenvalue weighted by molar-refractivity contribution is 0.102. The molecule has 150 valence electrons. The fourth-order valence-electron chi connectivity index (χ4n) is 2.79. The van der Waals surface area contributed by atoms with E-state index in [1.807, 2.05) is 31.2 Å². The molecule has 0 aliphatic rings. The van der Waals surface area contributed by atoms with Gasteiger partial charge in [-0.15, -0.1) is 0 Å². The van der Waals surface area contributed by atoms with Crippen LogP contribution in [0.3, 0.4) is 0 Å². The maximum atomic E-state index is 12.8. The van der Waals surface area contributed by atoms with Crippen molar-refractivity contribution in [2.24, 2.45) is 0 Å². The minimum Gasteiger partial charge on any atom is -0.495 e. The quantitative estimate of drug-likeness (QED) is 0.525. The van der Waals surface area contributed by atoms with Crippen LogP contribution in [0.1, 0.15) is 22.8 Å². The number of halogens is 1. The van der Waals surface area contributed by atoms with Crippen molar-refractivity contribution in [3.05, 3.63) is 82.9 Å². The SMILES string of the molecule is CCOc1ccc(C(=O)Nc2ccccc2OC)cc1COc1cccc(Cl)c1. The molecule has 0 unspecified atom stereocenters. The number of carbonyl (C=O) groups is 1. The molecule has 3 aromatic rings. The highest BCUT2D eigenvalue weighted by Crippen LogP contribution is 2.26. The predicted molar refractivity (Wildman–Crippen MR) is 114 cm³/mol. The van der Waals surface area contributed by atoms with Gasteiger partial charge in [0.1, 0.15) is 23.9 Å². The molecule has 3 aromatic carbocycles. The van der Waals surface area contributed by atoms with Crippen molar-refractivity contribution in [2.45, 2.75) is 13.5 Å². The smallest absolute Gasteiger partial charge is 0.255 e. The average molecular weight is 412 g/mol. The summed E-state index contributed by atoms with van der Waals surface area (Å²) in [6, 6.07) is 19.7. The van der Waals surface area contributed by atoms with E-state index < -0.39 is 0 Å². The highest BCUT2D eigenvalue weighted by Gasteiger charge is 2.13. The maximum Gasteiger partial charge on any atom is 0.255 e. The Bertz CT molecular complexity index is 990. The molecule has 5 nitrogen and oxygen atoms in total. The third-order valence-corrected chi connectivity index (χ3v) is 4.40. The van der Waals surface area contributed by atoms with E-state index in [4.69, 9.17) is 25.8 Å². The lowest BCUT2D eigenvalue weighted by atomic mass is 10.1. The number of ether oxygens (including phenoxy) is 3. The Labute approximate surface area is 175 Å². The number of carbonyl (C=O) groups excluding carboxylic acids is 1. The fraction of sp³-hybridized carbons (Fsp3) is 0.174. The molecule has 0 atom stereocenters. The van der Waals surface area contributed by atoms with Crippen molar-refractivity contribution in [1.29, 1.82) is 0 Å². The number of anilines is 1. The summed E-state index contributed by atoms with van der Waals surface area (Å²) < 4.78 is 16.8. The van der Waals surface area contributed by atoms with Gasteiger partial charge < -0.3 is 19.5 Å². The van der Waals surface area contributed by atoms with Crippen molar-refractivity contribution in [3.8, 4) is 17.2 Å². The Kier molecular flexibility index (Phi) is 6.98. The largest absolute Gasteiger partial charge is 0.495 e. The first kappa shape index (κ1) is 20.6. The van der Waals surface area contributed by atoms with E-state index >= 15 is 0 Å².